The number of nitriles is 1. The zero-order valence-corrected chi connectivity index (χ0v) is 25.9. The molecular weight excluding hydrogens is 574 g/mol. The lowest BCUT2D eigenvalue weighted by atomic mass is 10.0. The molecule has 1 N–H and O–H groups in total. The number of rotatable bonds is 22. The molecule has 1 saturated heterocycles. The quantitative estimate of drug-likeness (QED) is 0.155. The van der Waals surface area contributed by atoms with Gasteiger partial charge in [0.1, 0.15) is 6.07 Å². The van der Waals surface area contributed by atoms with Crippen molar-refractivity contribution in [3.8, 4) is 6.07 Å². The first kappa shape index (κ1) is 34.9. The molecule has 2 aromatic carbocycles. The molecule has 238 valence electrons. The van der Waals surface area contributed by atoms with E-state index in [1.54, 1.807) is 7.11 Å². The molecule has 1 heterocycles. The van der Waals surface area contributed by atoms with Crippen molar-refractivity contribution in [1.82, 2.24) is 4.72 Å². The van der Waals surface area contributed by atoms with E-state index in [1.807, 2.05) is 30.3 Å². The monoisotopic (exact) mass is 619 g/mol. The number of anilines is 1. The molecule has 1 aliphatic rings. The van der Waals surface area contributed by atoms with Crippen molar-refractivity contribution >= 4 is 32.6 Å². The summed E-state index contributed by atoms with van der Waals surface area (Å²) in [5.74, 6) is 0. The summed E-state index contributed by atoms with van der Waals surface area (Å²) in [5, 5.41) is 11.6. The van der Waals surface area contributed by atoms with Gasteiger partial charge < -0.3 is 33.3 Å². The number of hydrogen-bond donors (Lipinski definition) is 1. The van der Waals surface area contributed by atoms with E-state index in [-0.39, 0.29) is 18.1 Å². The van der Waals surface area contributed by atoms with Crippen LogP contribution in [0.5, 0.6) is 0 Å². The fraction of sp³-hybridized carbons (Fsp3) is 0.581. The van der Waals surface area contributed by atoms with Crippen molar-refractivity contribution in [3.63, 3.8) is 0 Å². The third-order valence-corrected chi connectivity index (χ3v) is 8.10. The fourth-order valence-corrected chi connectivity index (χ4v) is 5.38. The summed E-state index contributed by atoms with van der Waals surface area (Å²) in [6.45, 7) is 6.97. The SMILES string of the molecule is COCCOCCOCCOCCOCCOCCNS(=O)(=O)/C(C#N)=C\c1ccc2cc(N3CCCCC3)ccc2c1. The highest BCUT2D eigenvalue weighted by Gasteiger charge is 2.17. The zero-order valence-electron chi connectivity index (χ0n) is 25.1. The molecule has 0 radical (unpaired) electrons. The van der Waals surface area contributed by atoms with Crippen LogP contribution in [-0.2, 0) is 38.4 Å². The van der Waals surface area contributed by atoms with Gasteiger partial charge >= 0.3 is 0 Å². The summed E-state index contributed by atoms with van der Waals surface area (Å²) in [4.78, 5) is 2.06. The number of hydrogen-bond acceptors (Lipinski definition) is 10. The number of piperidine rings is 1. The van der Waals surface area contributed by atoms with Crippen LogP contribution in [-0.4, -0.2) is 108 Å². The van der Waals surface area contributed by atoms with E-state index in [0.717, 1.165) is 23.9 Å². The molecule has 0 aliphatic carbocycles. The van der Waals surface area contributed by atoms with Crippen LogP contribution < -0.4 is 9.62 Å². The first-order valence-electron chi connectivity index (χ1n) is 14.8. The Labute approximate surface area is 255 Å². The van der Waals surface area contributed by atoms with Crippen molar-refractivity contribution in [2.75, 3.05) is 104 Å². The van der Waals surface area contributed by atoms with Gasteiger partial charge in [0, 0.05) is 32.4 Å². The summed E-state index contributed by atoms with van der Waals surface area (Å²) < 4.78 is 59.7. The van der Waals surface area contributed by atoms with Gasteiger partial charge in [-0.2, -0.15) is 5.26 Å². The minimum absolute atomic E-state index is 0.0406. The Morgan fingerprint density at radius 3 is 1.91 bits per heavy atom. The number of allylic oxidation sites excluding steroid dienone is 1. The Balaban J connectivity index is 1.28. The molecule has 0 amide bonds. The average Bonchev–Trinajstić information content (AvgIpc) is 3.03. The van der Waals surface area contributed by atoms with Gasteiger partial charge in [0.15, 0.2) is 4.91 Å². The van der Waals surface area contributed by atoms with Crippen LogP contribution >= 0.6 is 0 Å². The van der Waals surface area contributed by atoms with E-state index >= 15 is 0 Å². The molecule has 2 aromatic rings. The van der Waals surface area contributed by atoms with Gasteiger partial charge in [-0.15, -0.1) is 0 Å². The predicted molar refractivity (Wildman–Crippen MR) is 166 cm³/mol. The smallest absolute Gasteiger partial charge is 0.250 e. The number of methoxy groups -OCH3 is 1. The Bertz CT molecular complexity index is 1260. The van der Waals surface area contributed by atoms with E-state index in [9.17, 15) is 13.7 Å². The first-order chi connectivity index (χ1) is 21.0. The molecular formula is C31H45N3O8S. The lowest BCUT2D eigenvalue weighted by Crippen LogP contribution is -2.29. The molecule has 11 nitrogen and oxygen atoms in total. The summed E-state index contributed by atoms with van der Waals surface area (Å²) in [6.07, 6.45) is 5.09. The fourth-order valence-electron chi connectivity index (χ4n) is 4.46. The largest absolute Gasteiger partial charge is 0.382 e. The molecule has 43 heavy (non-hydrogen) atoms. The van der Waals surface area contributed by atoms with Gasteiger partial charge in [0.2, 0.25) is 0 Å². The van der Waals surface area contributed by atoms with Crippen molar-refractivity contribution in [2.45, 2.75) is 19.3 Å². The topological polar surface area (TPSA) is 129 Å². The number of benzene rings is 2. The second-order valence-corrected chi connectivity index (χ2v) is 11.6. The lowest BCUT2D eigenvalue weighted by molar-refractivity contribution is -0.0143. The molecule has 0 aromatic heterocycles. The summed E-state index contributed by atoms with van der Waals surface area (Å²) in [6, 6.07) is 13.8. The maximum atomic E-state index is 12.7. The van der Waals surface area contributed by atoms with Gasteiger partial charge in [-0.25, -0.2) is 13.1 Å². The number of fused-ring (bicyclic) bond motifs is 1. The number of nitrogens with zero attached hydrogens (tertiary/aromatic N) is 2. The minimum Gasteiger partial charge on any atom is -0.382 e. The third kappa shape index (κ3) is 13.3. The Kier molecular flexibility index (Phi) is 16.5. The highest BCUT2D eigenvalue weighted by molar-refractivity contribution is 7.93. The van der Waals surface area contributed by atoms with E-state index in [1.165, 1.54) is 31.0 Å². The molecule has 0 bridgehead atoms. The van der Waals surface area contributed by atoms with Gasteiger partial charge in [-0.05, 0) is 59.9 Å². The molecule has 12 heteroatoms. The highest BCUT2D eigenvalue weighted by Crippen LogP contribution is 2.26. The Morgan fingerprint density at radius 2 is 1.33 bits per heavy atom. The van der Waals surface area contributed by atoms with Crippen LogP contribution in [0.3, 0.4) is 0 Å². The summed E-state index contributed by atoms with van der Waals surface area (Å²) in [5.41, 5.74) is 1.85. The number of nitrogens with one attached hydrogen (secondary N) is 1. The lowest BCUT2D eigenvalue weighted by Gasteiger charge is -2.29. The highest BCUT2D eigenvalue weighted by atomic mass is 32.2. The number of ether oxygens (including phenoxy) is 6. The van der Waals surface area contributed by atoms with Crippen LogP contribution in [0.15, 0.2) is 41.3 Å². The van der Waals surface area contributed by atoms with Gasteiger partial charge in [-0.3, -0.25) is 0 Å². The average molecular weight is 620 g/mol. The van der Waals surface area contributed by atoms with Crippen LogP contribution in [0.4, 0.5) is 5.69 Å². The van der Waals surface area contributed by atoms with Crippen molar-refractivity contribution in [1.29, 1.82) is 5.26 Å². The van der Waals surface area contributed by atoms with Crippen molar-refractivity contribution in [2.24, 2.45) is 0 Å². The van der Waals surface area contributed by atoms with Crippen LogP contribution in [0.1, 0.15) is 24.8 Å². The third-order valence-electron chi connectivity index (χ3n) is 6.72. The van der Waals surface area contributed by atoms with Crippen molar-refractivity contribution < 1.29 is 36.8 Å². The van der Waals surface area contributed by atoms with Gasteiger partial charge in [0.05, 0.1) is 72.7 Å². The minimum atomic E-state index is -3.97. The van der Waals surface area contributed by atoms with Crippen LogP contribution in [0, 0.1) is 11.3 Å². The van der Waals surface area contributed by atoms with E-state index in [0.29, 0.717) is 71.6 Å². The first-order valence-corrected chi connectivity index (χ1v) is 16.3. The molecule has 0 saturated carbocycles. The maximum absolute atomic E-state index is 12.7. The van der Waals surface area contributed by atoms with E-state index in [4.69, 9.17) is 28.4 Å². The predicted octanol–water partition coefficient (Wildman–Crippen LogP) is 3.34. The second kappa shape index (κ2) is 20.4. The standard InChI is InChI=1S/C31H45N3O8S/c1-37-13-14-39-17-18-41-21-22-42-20-19-40-16-15-38-12-9-33-43(35,36)31(26-32)24-27-5-6-29-25-30(8-7-28(29)23-27)34-10-3-2-4-11-34/h5-8,23-25,33H,2-4,9-22H2,1H3/b31-24-. The zero-order chi connectivity index (χ0) is 30.6. The summed E-state index contributed by atoms with van der Waals surface area (Å²) >= 11 is 0. The van der Waals surface area contributed by atoms with Crippen LogP contribution in [0.2, 0.25) is 0 Å². The molecule has 0 spiro atoms. The van der Waals surface area contributed by atoms with Crippen molar-refractivity contribution in [3.05, 3.63) is 46.9 Å². The second-order valence-electron chi connectivity index (χ2n) is 9.91. The van der Waals surface area contributed by atoms with Gasteiger partial charge in [-0.1, -0.05) is 18.2 Å². The van der Waals surface area contributed by atoms with Gasteiger partial charge in [0.25, 0.3) is 10.0 Å². The summed E-state index contributed by atoms with van der Waals surface area (Å²) in [7, 11) is -2.34. The van der Waals surface area contributed by atoms with E-state index in [2.05, 4.69) is 21.8 Å². The molecule has 1 fully saturated rings. The Hall–Kier alpha value is -2.60. The molecule has 0 atom stereocenters. The molecule has 1 aliphatic heterocycles. The molecule has 0 unspecified atom stereocenters. The number of sulfonamides is 1. The normalized spacial score (nSPS) is 14.3. The van der Waals surface area contributed by atoms with E-state index < -0.39 is 10.0 Å². The van der Waals surface area contributed by atoms with Crippen LogP contribution in [0.25, 0.3) is 16.8 Å². The molecule has 3 rings (SSSR count). The maximum Gasteiger partial charge on any atom is 0.250 e. The Morgan fingerprint density at radius 1 is 0.791 bits per heavy atom.